The van der Waals surface area contributed by atoms with Crippen molar-refractivity contribution in [2.24, 2.45) is 55.3 Å². The molecule has 1 saturated heterocycles. The van der Waals surface area contributed by atoms with E-state index in [4.69, 9.17) is 9.84 Å². The second kappa shape index (κ2) is 15.0. The molecule has 61 heavy (non-hydrogen) atoms. The predicted molar refractivity (Wildman–Crippen MR) is 238 cm³/mol. The fourth-order valence-corrected chi connectivity index (χ4v) is 15.4. The number of amidine groups is 1. The van der Waals surface area contributed by atoms with E-state index in [1.165, 1.54) is 6.42 Å². The number of carbonyl (C=O) groups excluding carboxylic acids is 3. The number of rotatable bonds is 5. The normalized spacial score (nSPS) is 37.7. The van der Waals surface area contributed by atoms with Crippen LogP contribution in [-0.2, 0) is 19.1 Å². The van der Waals surface area contributed by atoms with Gasteiger partial charge in [-0.15, -0.1) is 0 Å². The van der Waals surface area contributed by atoms with Crippen LogP contribution in [0.15, 0.2) is 46.6 Å². The number of para-hydroxylation sites is 1. The monoisotopic (exact) mass is 856 g/mol. The SMILES string of the molecule is CC[N+]1(CC)CN2C(=N1)C(C(=O)N1CCN(C(=O)[C@]34CCC(C)(C)C[C@H]3C3=CC[C@@H]5[C@@]6(C)CC[C@H](OC(C)=O)C(C)(C)[C@@H]6CC[C@@]5(C)[C@]3(C)CC4)CC1)=Cc1ccccc12.[Cl-]. The Labute approximate surface area is 372 Å². The van der Waals surface area contributed by atoms with Gasteiger partial charge in [-0.2, -0.15) is 4.59 Å². The van der Waals surface area contributed by atoms with Gasteiger partial charge in [0, 0.05) is 38.5 Å². The number of quaternary nitrogens is 1. The molecule has 5 fully saturated rings. The van der Waals surface area contributed by atoms with Crippen LogP contribution >= 0.6 is 0 Å². The van der Waals surface area contributed by atoms with E-state index >= 15 is 4.79 Å². The summed E-state index contributed by atoms with van der Waals surface area (Å²) in [6, 6.07) is 8.35. The van der Waals surface area contributed by atoms with E-state index in [1.54, 1.807) is 12.5 Å². The average Bonchev–Trinajstić information content (AvgIpc) is 3.62. The number of halogens is 1. The van der Waals surface area contributed by atoms with Crippen LogP contribution in [0.5, 0.6) is 0 Å². The van der Waals surface area contributed by atoms with Crippen LogP contribution in [0.25, 0.3) is 6.08 Å². The lowest BCUT2D eigenvalue weighted by Crippen LogP contribution is -3.00. The molecule has 0 bridgehead atoms. The summed E-state index contributed by atoms with van der Waals surface area (Å²) in [7, 11) is 0. The van der Waals surface area contributed by atoms with Gasteiger partial charge in [0.25, 0.3) is 5.91 Å². The van der Waals surface area contributed by atoms with Gasteiger partial charge >= 0.3 is 5.97 Å². The van der Waals surface area contributed by atoms with Crippen molar-refractivity contribution in [2.45, 2.75) is 140 Å². The maximum absolute atomic E-state index is 15.4. The van der Waals surface area contributed by atoms with E-state index in [1.807, 2.05) is 17.0 Å². The van der Waals surface area contributed by atoms with Crippen LogP contribution in [0.2, 0.25) is 0 Å². The first-order chi connectivity index (χ1) is 28.3. The Kier molecular flexibility index (Phi) is 10.9. The van der Waals surface area contributed by atoms with Crippen molar-refractivity contribution in [3.63, 3.8) is 0 Å². The number of piperazine rings is 1. The molecule has 8 atom stereocenters. The second-order valence-corrected chi connectivity index (χ2v) is 22.8. The zero-order chi connectivity index (χ0) is 42.8. The lowest BCUT2D eigenvalue weighted by atomic mass is 9.33. The molecule has 3 heterocycles. The average molecular weight is 857 g/mol. The number of hydrogen-bond acceptors (Lipinski definition) is 6. The molecule has 1 aromatic carbocycles. The van der Waals surface area contributed by atoms with Gasteiger partial charge in [0.05, 0.1) is 16.7 Å². The van der Waals surface area contributed by atoms with Crippen molar-refractivity contribution in [3.8, 4) is 0 Å². The number of nitrogens with zero attached hydrogens (tertiary/aromatic N) is 5. The summed E-state index contributed by atoms with van der Waals surface area (Å²) in [6.07, 6.45) is 15.2. The minimum Gasteiger partial charge on any atom is -1.00 e. The summed E-state index contributed by atoms with van der Waals surface area (Å²) in [5.41, 5.74) is 4.49. The molecule has 1 aromatic rings. The Bertz CT molecular complexity index is 2060. The molecule has 10 heteroatoms. The summed E-state index contributed by atoms with van der Waals surface area (Å²) in [5.74, 6) is 2.29. The molecule has 334 valence electrons. The van der Waals surface area contributed by atoms with Gasteiger partial charge in [0.15, 0.2) is 6.67 Å². The molecule has 9 rings (SSSR count). The largest absolute Gasteiger partial charge is 1.00 e. The molecule has 0 aromatic heterocycles. The molecule has 2 amide bonds. The number of anilines is 1. The molecule has 4 saturated carbocycles. The van der Waals surface area contributed by atoms with Crippen molar-refractivity contribution in [3.05, 3.63) is 47.1 Å². The zero-order valence-electron chi connectivity index (χ0n) is 39.0. The molecule has 5 aliphatic carbocycles. The lowest BCUT2D eigenvalue weighted by molar-refractivity contribution is -0.925. The number of carbonyl (C=O) groups is 3. The summed E-state index contributed by atoms with van der Waals surface area (Å²) >= 11 is 0. The first-order valence-electron chi connectivity index (χ1n) is 23.8. The number of hydrogen-bond donors (Lipinski definition) is 0. The van der Waals surface area contributed by atoms with Gasteiger partial charge in [0.2, 0.25) is 11.7 Å². The third-order valence-corrected chi connectivity index (χ3v) is 19.3. The van der Waals surface area contributed by atoms with E-state index in [9.17, 15) is 9.59 Å². The second-order valence-electron chi connectivity index (χ2n) is 22.8. The highest BCUT2D eigenvalue weighted by Gasteiger charge is 2.69. The van der Waals surface area contributed by atoms with E-state index in [-0.39, 0.29) is 63.4 Å². The van der Waals surface area contributed by atoms with Crippen molar-refractivity contribution >= 4 is 35.4 Å². The quantitative estimate of drug-likeness (QED) is 0.194. The number of amides is 2. The maximum Gasteiger partial charge on any atom is 0.302 e. The first kappa shape index (κ1) is 44.4. The highest BCUT2D eigenvalue weighted by atomic mass is 35.5. The van der Waals surface area contributed by atoms with Crippen LogP contribution in [0.4, 0.5) is 5.69 Å². The summed E-state index contributed by atoms with van der Waals surface area (Å²) in [4.78, 5) is 48.5. The van der Waals surface area contributed by atoms with Crippen LogP contribution in [-0.4, -0.2) is 90.1 Å². The summed E-state index contributed by atoms with van der Waals surface area (Å²) in [5, 5.41) is 5.22. The maximum atomic E-state index is 15.4. The lowest BCUT2D eigenvalue weighted by Gasteiger charge is -2.71. The predicted octanol–water partition coefficient (Wildman–Crippen LogP) is 6.44. The third-order valence-electron chi connectivity index (χ3n) is 19.3. The van der Waals surface area contributed by atoms with Gasteiger partial charge in [-0.25, -0.2) is 0 Å². The molecule has 0 unspecified atom stereocenters. The highest BCUT2D eigenvalue weighted by Crippen LogP contribution is 2.76. The molecular weight excluding hydrogens is 782 g/mol. The topological polar surface area (TPSA) is 82.5 Å². The smallest absolute Gasteiger partial charge is 0.302 e. The molecule has 0 spiro atoms. The van der Waals surface area contributed by atoms with E-state index < -0.39 is 5.41 Å². The van der Waals surface area contributed by atoms with Crippen molar-refractivity contribution in [2.75, 3.05) is 50.8 Å². The number of ether oxygens (including phenoxy) is 1. The van der Waals surface area contributed by atoms with Gasteiger partial charge < -0.3 is 26.9 Å². The fourth-order valence-electron chi connectivity index (χ4n) is 15.4. The van der Waals surface area contributed by atoms with Crippen molar-refractivity contribution in [1.29, 1.82) is 0 Å². The first-order valence-corrected chi connectivity index (χ1v) is 23.8. The van der Waals surface area contributed by atoms with Crippen LogP contribution < -0.4 is 17.3 Å². The number of benzene rings is 1. The molecule has 3 aliphatic heterocycles. The van der Waals surface area contributed by atoms with Gasteiger partial charge in [-0.3, -0.25) is 19.3 Å². The Morgan fingerprint density at radius 1 is 0.836 bits per heavy atom. The van der Waals surface area contributed by atoms with Crippen LogP contribution in [0.3, 0.4) is 0 Å². The molecule has 8 aliphatic rings. The summed E-state index contributed by atoms with van der Waals surface area (Å²) in [6.45, 7) is 28.0. The third kappa shape index (κ3) is 6.44. The Morgan fingerprint density at radius 3 is 2.20 bits per heavy atom. The van der Waals surface area contributed by atoms with Crippen LogP contribution in [0, 0.1) is 50.2 Å². The van der Waals surface area contributed by atoms with E-state index in [2.05, 4.69) is 96.4 Å². The standard InChI is InChI=1S/C51H74N5O4.ClH/c1-11-56(12-2)33-55-39-16-14-13-15-35(39)31-36(43(55)52-56)44(58)53-27-29-54(30-28-53)45(59)51-25-23-46(4,5)32-38(51)37-17-18-41-48(8)21-20-42(60-34(3)57)47(6,7)40(48)19-22-50(41,10)49(37,9)24-26-51;/h13-17,31,38,40-42H,11-12,18-30,32-33H2,1-10H3;1H/q+1;/p-1/t38-,40-,41+,42-,48-,49+,50+,51-;/m0./s1. The summed E-state index contributed by atoms with van der Waals surface area (Å²) < 4.78 is 6.59. The molecule has 0 N–H and O–H groups in total. The molecule has 9 nitrogen and oxygen atoms in total. The minimum absolute atomic E-state index is 0. The Balaban J connectivity index is 0.00000514. The number of fused-ring (bicyclic) bond motifs is 10. The number of allylic oxidation sites excluding steroid dienone is 2. The van der Waals surface area contributed by atoms with Gasteiger partial charge in [0.1, 0.15) is 19.2 Å². The Hall–Kier alpha value is -3.17. The zero-order valence-corrected chi connectivity index (χ0v) is 39.8. The van der Waals surface area contributed by atoms with Gasteiger partial charge in [-0.1, -0.05) is 83.4 Å². The Morgan fingerprint density at radius 2 is 1.51 bits per heavy atom. The highest BCUT2D eigenvalue weighted by molar-refractivity contribution is 6.31. The van der Waals surface area contributed by atoms with Crippen LogP contribution in [0.1, 0.15) is 139 Å². The molecule has 0 radical (unpaired) electrons. The van der Waals surface area contributed by atoms with Crippen molar-refractivity contribution in [1.82, 2.24) is 9.80 Å². The van der Waals surface area contributed by atoms with E-state index in [0.717, 1.165) is 94.6 Å². The van der Waals surface area contributed by atoms with Gasteiger partial charge in [-0.05, 0) is 135 Å². The van der Waals surface area contributed by atoms with E-state index in [0.29, 0.717) is 54.1 Å². The fraction of sp³-hybridized carbons (Fsp3) is 0.725. The number of esters is 1. The molecular formula is C51H74ClN5O4. The minimum atomic E-state index is -0.391. The van der Waals surface area contributed by atoms with Crippen molar-refractivity contribution < 1.29 is 36.1 Å².